The maximum Gasteiger partial charge on any atom is 0.316 e. The van der Waals surface area contributed by atoms with Crippen molar-refractivity contribution in [3.05, 3.63) is 35.9 Å². The average Bonchev–Trinajstić information content (AvgIpc) is 3.16. The van der Waals surface area contributed by atoms with Crippen LogP contribution in [0.2, 0.25) is 5.02 Å². The molecule has 3 heterocycles. The van der Waals surface area contributed by atoms with Crippen LogP contribution in [0.25, 0.3) is 10.9 Å². The Morgan fingerprint density at radius 3 is 2.52 bits per heavy atom. The van der Waals surface area contributed by atoms with Gasteiger partial charge in [-0.3, -0.25) is 0 Å². The van der Waals surface area contributed by atoms with Gasteiger partial charge in [-0.1, -0.05) is 11.6 Å². The summed E-state index contributed by atoms with van der Waals surface area (Å²) in [6.07, 6.45) is 5.41. The van der Waals surface area contributed by atoms with Crippen LogP contribution in [0.5, 0.6) is 17.5 Å². The second-order valence-corrected chi connectivity index (χ2v) is 6.52. The Morgan fingerprint density at radius 1 is 1.04 bits per heavy atom. The smallest absolute Gasteiger partial charge is 0.316 e. The van der Waals surface area contributed by atoms with Crippen molar-refractivity contribution in [1.82, 2.24) is 19.9 Å². The van der Waals surface area contributed by atoms with E-state index >= 15 is 0 Å². The number of rotatable bonds is 5. The first-order valence-electron chi connectivity index (χ1n) is 8.44. The molecule has 1 aliphatic rings. The summed E-state index contributed by atoms with van der Waals surface area (Å²) in [6.45, 7) is 1.48. The molecule has 9 heteroatoms. The molecule has 0 aliphatic carbocycles. The minimum Gasteiger partial charge on any atom is -0.493 e. The Bertz CT molecular complexity index is 954. The third-order valence-electron chi connectivity index (χ3n) is 4.43. The molecular weight excluding hydrogens is 370 g/mol. The van der Waals surface area contributed by atoms with Crippen molar-refractivity contribution in [1.29, 1.82) is 0 Å². The van der Waals surface area contributed by atoms with Crippen LogP contribution >= 0.6 is 11.6 Å². The first kappa shape index (κ1) is 17.5. The lowest BCUT2D eigenvalue weighted by molar-refractivity contribution is 0.206. The fourth-order valence-electron chi connectivity index (χ4n) is 3.15. The van der Waals surface area contributed by atoms with Gasteiger partial charge < -0.3 is 19.1 Å². The molecule has 27 heavy (non-hydrogen) atoms. The van der Waals surface area contributed by atoms with Gasteiger partial charge in [-0.25, -0.2) is 19.9 Å². The zero-order chi connectivity index (χ0) is 18.8. The fraction of sp³-hybridized carbons (Fsp3) is 0.333. The van der Waals surface area contributed by atoms with Crippen LogP contribution in [-0.4, -0.2) is 53.3 Å². The standard InChI is InChI=1S/C18H18ClN5O3/c1-25-15-5-13-14(6-16(15)26-2)22-10-23-17(13)24-4-3-12(9-24)27-18-20-7-11(19)8-21-18/h5-8,10,12H,3-4,9H2,1-2H3/t12-/m1/s1. The van der Waals surface area contributed by atoms with Gasteiger partial charge in [0.25, 0.3) is 0 Å². The molecule has 0 saturated carbocycles. The number of hydrogen-bond donors (Lipinski definition) is 0. The molecule has 1 saturated heterocycles. The molecule has 0 bridgehead atoms. The lowest BCUT2D eigenvalue weighted by atomic mass is 10.2. The topological polar surface area (TPSA) is 82.5 Å². The zero-order valence-electron chi connectivity index (χ0n) is 14.9. The van der Waals surface area contributed by atoms with Crippen molar-refractivity contribution in [2.24, 2.45) is 0 Å². The molecule has 0 amide bonds. The van der Waals surface area contributed by atoms with E-state index in [1.807, 2.05) is 12.1 Å². The minimum absolute atomic E-state index is 0.0312. The van der Waals surface area contributed by atoms with Crippen molar-refractivity contribution in [2.75, 3.05) is 32.2 Å². The second kappa shape index (κ2) is 7.40. The van der Waals surface area contributed by atoms with E-state index < -0.39 is 0 Å². The summed E-state index contributed by atoms with van der Waals surface area (Å²) in [5, 5.41) is 1.38. The predicted molar refractivity (Wildman–Crippen MR) is 101 cm³/mol. The maximum absolute atomic E-state index is 5.86. The summed E-state index contributed by atoms with van der Waals surface area (Å²) < 4.78 is 16.6. The number of anilines is 1. The molecule has 1 aromatic carbocycles. The number of hydrogen-bond acceptors (Lipinski definition) is 8. The number of benzene rings is 1. The van der Waals surface area contributed by atoms with Crippen LogP contribution in [-0.2, 0) is 0 Å². The Morgan fingerprint density at radius 2 is 1.78 bits per heavy atom. The summed E-state index contributed by atoms with van der Waals surface area (Å²) in [5.74, 6) is 2.11. The van der Waals surface area contributed by atoms with Crippen LogP contribution in [0, 0.1) is 0 Å². The number of halogens is 1. The highest BCUT2D eigenvalue weighted by molar-refractivity contribution is 6.30. The van der Waals surface area contributed by atoms with Gasteiger partial charge in [0.1, 0.15) is 18.2 Å². The molecule has 1 fully saturated rings. The Hall–Kier alpha value is -2.87. The van der Waals surface area contributed by atoms with E-state index in [0.717, 1.165) is 29.7 Å². The van der Waals surface area contributed by atoms with Gasteiger partial charge in [-0.05, 0) is 6.07 Å². The number of fused-ring (bicyclic) bond motifs is 1. The number of methoxy groups -OCH3 is 2. The Kier molecular flexibility index (Phi) is 4.81. The maximum atomic E-state index is 5.86. The van der Waals surface area contributed by atoms with E-state index in [4.69, 9.17) is 25.8 Å². The van der Waals surface area contributed by atoms with Gasteiger partial charge in [0, 0.05) is 24.4 Å². The second-order valence-electron chi connectivity index (χ2n) is 6.08. The van der Waals surface area contributed by atoms with Crippen LogP contribution in [0.4, 0.5) is 5.82 Å². The number of aromatic nitrogens is 4. The Labute approximate surface area is 161 Å². The van der Waals surface area contributed by atoms with Gasteiger partial charge in [0.15, 0.2) is 11.5 Å². The summed E-state index contributed by atoms with van der Waals surface area (Å²) in [7, 11) is 3.21. The first-order valence-corrected chi connectivity index (χ1v) is 8.81. The van der Waals surface area contributed by atoms with Gasteiger partial charge >= 0.3 is 6.01 Å². The highest BCUT2D eigenvalue weighted by atomic mass is 35.5. The molecule has 0 radical (unpaired) electrons. The monoisotopic (exact) mass is 387 g/mol. The van der Waals surface area contributed by atoms with Crippen molar-refractivity contribution >= 4 is 28.3 Å². The van der Waals surface area contributed by atoms with Crippen molar-refractivity contribution in [3.63, 3.8) is 0 Å². The molecule has 2 aromatic heterocycles. The zero-order valence-corrected chi connectivity index (χ0v) is 15.7. The summed E-state index contributed by atoms with van der Waals surface area (Å²) in [6, 6.07) is 4.08. The molecular formula is C18H18ClN5O3. The minimum atomic E-state index is -0.0312. The van der Waals surface area contributed by atoms with E-state index in [2.05, 4.69) is 24.8 Å². The van der Waals surface area contributed by atoms with Crippen LogP contribution < -0.4 is 19.1 Å². The lowest BCUT2D eigenvalue weighted by Gasteiger charge is -2.19. The predicted octanol–water partition coefficient (Wildman–Crippen LogP) is 2.75. The molecule has 8 nitrogen and oxygen atoms in total. The molecule has 0 spiro atoms. The van der Waals surface area contributed by atoms with Gasteiger partial charge in [0.2, 0.25) is 0 Å². The normalized spacial score (nSPS) is 16.6. The number of ether oxygens (including phenoxy) is 3. The highest BCUT2D eigenvalue weighted by Gasteiger charge is 2.27. The summed E-state index contributed by atoms with van der Waals surface area (Å²) in [5.41, 5.74) is 0.794. The number of nitrogens with zero attached hydrogens (tertiary/aromatic N) is 5. The third kappa shape index (κ3) is 3.52. The van der Waals surface area contributed by atoms with Crippen LogP contribution in [0.15, 0.2) is 30.9 Å². The van der Waals surface area contributed by atoms with E-state index in [9.17, 15) is 0 Å². The summed E-state index contributed by atoms with van der Waals surface area (Å²) >= 11 is 5.81. The van der Waals surface area contributed by atoms with E-state index in [1.165, 1.54) is 12.4 Å². The van der Waals surface area contributed by atoms with Gasteiger partial charge in [-0.2, -0.15) is 0 Å². The first-order chi connectivity index (χ1) is 13.2. The van der Waals surface area contributed by atoms with Crippen molar-refractivity contribution in [2.45, 2.75) is 12.5 Å². The third-order valence-corrected chi connectivity index (χ3v) is 4.63. The SMILES string of the molecule is COc1cc2ncnc(N3CC[C@@H](Oc4ncc(Cl)cn4)C3)c2cc1OC. The van der Waals surface area contributed by atoms with Crippen LogP contribution in [0.1, 0.15) is 6.42 Å². The van der Waals surface area contributed by atoms with Gasteiger partial charge in [-0.15, -0.1) is 0 Å². The largest absolute Gasteiger partial charge is 0.493 e. The lowest BCUT2D eigenvalue weighted by Crippen LogP contribution is -2.26. The molecule has 1 atom stereocenters. The molecule has 140 valence electrons. The quantitative estimate of drug-likeness (QED) is 0.661. The molecule has 3 aromatic rings. The van der Waals surface area contributed by atoms with Crippen molar-refractivity contribution in [3.8, 4) is 17.5 Å². The summed E-state index contributed by atoms with van der Waals surface area (Å²) in [4.78, 5) is 19.2. The molecule has 0 unspecified atom stereocenters. The highest BCUT2D eigenvalue weighted by Crippen LogP contribution is 2.35. The molecule has 1 aliphatic heterocycles. The fourth-order valence-corrected chi connectivity index (χ4v) is 3.25. The molecule has 0 N–H and O–H groups in total. The molecule has 4 rings (SSSR count). The Balaban J connectivity index is 1.58. The average molecular weight is 388 g/mol. The van der Waals surface area contributed by atoms with E-state index in [-0.39, 0.29) is 6.10 Å². The van der Waals surface area contributed by atoms with Gasteiger partial charge in [0.05, 0.1) is 43.7 Å². The van der Waals surface area contributed by atoms with E-state index in [1.54, 1.807) is 20.5 Å². The van der Waals surface area contributed by atoms with Crippen LogP contribution in [0.3, 0.4) is 0 Å². The van der Waals surface area contributed by atoms with E-state index in [0.29, 0.717) is 29.1 Å². The van der Waals surface area contributed by atoms with Crippen molar-refractivity contribution < 1.29 is 14.2 Å².